The summed E-state index contributed by atoms with van der Waals surface area (Å²) in [4.78, 5) is 14.1. The Morgan fingerprint density at radius 3 is 2.70 bits per heavy atom. The standard InChI is InChI=1S/C15H18N4O/c1-11-5-4-6-12(9-11)19-14(16)10-13(17-19)15(20)18-7-2-3-8-18/h4-6,9-10H,2-3,7-8,16H2,1H3. The van der Waals surface area contributed by atoms with Crippen LogP contribution in [-0.2, 0) is 0 Å². The summed E-state index contributed by atoms with van der Waals surface area (Å²) in [6.45, 7) is 3.64. The molecule has 2 aromatic rings. The summed E-state index contributed by atoms with van der Waals surface area (Å²) in [5.74, 6) is 0.457. The van der Waals surface area contributed by atoms with Gasteiger partial charge in [0.25, 0.3) is 5.91 Å². The average Bonchev–Trinajstić information content (AvgIpc) is 3.07. The van der Waals surface area contributed by atoms with Crippen LogP contribution in [0.2, 0.25) is 0 Å². The number of anilines is 1. The summed E-state index contributed by atoms with van der Waals surface area (Å²) >= 11 is 0. The van der Waals surface area contributed by atoms with Crippen molar-refractivity contribution in [2.45, 2.75) is 19.8 Å². The maximum atomic E-state index is 12.3. The Hall–Kier alpha value is -2.30. The van der Waals surface area contributed by atoms with Gasteiger partial charge in [-0.3, -0.25) is 4.79 Å². The van der Waals surface area contributed by atoms with Crippen LogP contribution >= 0.6 is 0 Å². The molecule has 2 N–H and O–H groups in total. The van der Waals surface area contributed by atoms with Crippen molar-refractivity contribution in [3.63, 3.8) is 0 Å². The molecule has 1 saturated heterocycles. The molecule has 0 saturated carbocycles. The number of nitrogens with two attached hydrogens (primary N) is 1. The van der Waals surface area contributed by atoms with Gasteiger partial charge in [-0.05, 0) is 37.5 Å². The van der Waals surface area contributed by atoms with Crippen LogP contribution in [0.3, 0.4) is 0 Å². The molecule has 1 aliphatic rings. The zero-order valence-corrected chi connectivity index (χ0v) is 11.5. The van der Waals surface area contributed by atoms with Gasteiger partial charge in [0, 0.05) is 19.2 Å². The summed E-state index contributed by atoms with van der Waals surface area (Å²) in [5, 5.41) is 4.37. The van der Waals surface area contributed by atoms with E-state index in [1.807, 2.05) is 36.1 Å². The van der Waals surface area contributed by atoms with Crippen LogP contribution in [0.15, 0.2) is 30.3 Å². The van der Waals surface area contributed by atoms with E-state index in [1.54, 1.807) is 10.7 Å². The number of rotatable bonds is 2. The Kier molecular flexibility index (Phi) is 3.18. The topological polar surface area (TPSA) is 64.2 Å². The lowest BCUT2D eigenvalue weighted by Gasteiger charge is -2.12. The number of benzene rings is 1. The third kappa shape index (κ3) is 2.27. The molecule has 2 heterocycles. The molecule has 1 aromatic heterocycles. The van der Waals surface area contributed by atoms with Gasteiger partial charge >= 0.3 is 0 Å². The zero-order chi connectivity index (χ0) is 14.1. The fourth-order valence-corrected chi connectivity index (χ4v) is 2.55. The third-order valence-electron chi connectivity index (χ3n) is 3.60. The van der Waals surface area contributed by atoms with Crippen LogP contribution < -0.4 is 5.73 Å². The number of aromatic nitrogens is 2. The minimum atomic E-state index is -0.0272. The predicted molar refractivity (Wildman–Crippen MR) is 77.9 cm³/mol. The molecule has 1 aliphatic heterocycles. The first-order valence-corrected chi connectivity index (χ1v) is 6.87. The maximum Gasteiger partial charge on any atom is 0.274 e. The number of amides is 1. The van der Waals surface area contributed by atoms with E-state index in [0.29, 0.717) is 11.5 Å². The maximum absolute atomic E-state index is 12.3. The quantitative estimate of drug-likeness (QED) is 0.907. The molecule has 3 rings (SSSR count). The molecule has 0 spiro atoms. The van der Waals surface area contributed by atoms with Crippen LogP contribution in [-0.4, -0.2) is 33.7 Å². The zero-order valence-electron chi connectivity index (χ0n) is 11.5. The van der Waals surface area contributed by atoms with Crippen molar-refractivity contribution in [3.05, 3.63) is 41.6 Å². The Labute approximate surface area is 118 Å². The molecule has 1 fully saturated rings. The summed E-state index contributed by atoms with van der Waals surface area (Å²) in [6.07, 6.45) is 2.14. The second-order valence-electron chi connectivity index (χ2n) is 5.20. The van der Waals surface area contributed by atoms with Crippen LogP contribution in [0.4, 0.5) is 5.82 Å². The van der Waals surface area contributed by atoms with E-state index >= 15 is 0 Å². The van der Waals surface area contributed by atoms with Crippen LogP contribution in [0.5, 0.6) is 0 Å². The molecular formula is C15H18N4O. The Morgan fingerprint density at radius 2 is 2.00 bits per heavy atom. The summed E-state index contributed by atoms with van der Waals surface area (Å²) < 4.78 is 1.62. The molecule has 0 unspecified atom stereocenters. The number of carbonyl (C=O) groups is 1. The second-order valence-corrected chi connectivity index (χ2v) is 5.20. The first-order valence-electron chi connectivity index (χ1n) is 6.87. The highest BCUT2D eigenvalue weighted by Crippen LogP contribution is 2.18. The van der Waals surface area contributed by atoms with Crippen molar-refractivity contribution in [1.82, 2.24) is 14.7 Å². The first kappa shape index (κ1) is 12.7. The Balaban J connectivity index is 1.92. The largest absolute Gasteiger partial charge is 0.384 e. The van der Waals surface area contributed by atoms with Gasteiger partial charge in [0.15, 0.2) is 5.69 Å². The highest BCUT2D eigenvalue weighted by Gasteiger charge is 2.22. The van der Waals surface area contributed by atoms with Crippen molar-refractivity contribution in [2.75, 3.05) is 18.8 Å². The monoisotopic (exact) mass is 270 g/mol. The molecular weight excluding hydrogens is 252 g/mol. The van der Waals surface area contributed by atoms with Crippen molar-refractivity contribution < 1.29 is 4.79 Å². The number of likely N-dealkylation sites (tertiary alicyclic amines) is 1. The summed E-state index contributed by atoms with van der Waals surface area (Å²) in [5.41, 5.74) is 8.42. The molecule has 5 nitrogen and oxygen atoms in total. The smallest absolute Gasteiger partial charge is 0.274 e. The Morgan fingerprint density at radius 1 is 1.25 bits per heavy atom. The number of carbonyl (C=O) groups excluding carboxylic acids is 1. The highest BCUT2D eigenvalue weighted by atomic mass is 16.2. The van der Waals surface area contributed by atoms with E-state index in [0.717, 1.165) is 37.2 Å². The lowest BCUT2D eigenvalue weighted by atomic mass is 10.2. The van der Waals surface area contributed by atoms with E-state index in [2.05, 4.69) is 5.10 Å². The van der Waals surface area contributed by atoms with E-state index < -0.39 is 0 Å². The van der Waals surface area contributed by atoms with Crippen molar-refractivity contribution >= 4 is 11.7 Å². The van der Waals surface area contributed by atoms with E-state index in [-0.39, 0.29) is 5.91 Å². The lowest BCUT2D eigenvalue weighted by molar-refractivity contribution is 0.0786. The second kappa shape index (κ2) is 5.00. The van der Waals surface area contributed by atoms with E-state index in [9.17, 15) is 4.79 Å². The van der Waals surface area contributed by atoms with Gasteiger partial charge in [-0.1, -0.05) is 12.1 Å². The third-order valence-corrected chi connectivity index (χ3v) is 3.60. The SMILES string of the molecule is Cc1cccc(-n2nc(C(=O)N3CCCC3)cc2N)c1. The molecule has 1 aromatic carbocycles. The molecule has 0 atom stereocenters. The molecule has 0 radical (unpaired) electrons. The van der Waals surface area contributed by atoms with Crippen LogP contribution in [0.1, 0.15) is 28.9 Å². The fraction of sp³-hybridized carbons (Fsp3) is 0.333. The van der Waals surface area contributed by atoms with Gasteiger partial charge < -0.3 is 10.6 Å². The number of nitrogen functional groups attached to an aromatic ring is 1. The number of nitrogens with zero attached hydrogens (tertiary/aromatic N) is 3. The van der Waals surface area contributed by atoms with Gasteiger partial charge in [0.05, 0.1) is 5.69 Å². The normalized spacial score (nSPS) is 14.8. The molecule has 20 heavy (non-hydrogen) atoms. The molecule has 5 heteroatoms. The van der Waals surface area contributed by atoms with Gasteiger partial charge in [0.2, 0.25) is 0 Å². The predicted octanol–water partition coefficient (Wildman–Crippen LogP) is 2.00. The molecule has 0 aliphatic carbocycles. The lowest BCUT2D eigenvalue weighted by Crippen LogP contribution is -2.28. The number of hydrogen-bond donors (Lipinski definition) is 1. The fourth-order valence-electron chi connectivity index (χ4n) is 2.55. The average molecular weight is 270 g/mol. The molecule has 1 amide bonds. The number of aryl methyl sites for hydroxylation is 1. The number of hydrogen-bond acceptors (Lipinski definition) is 3. The first-order chi connectivity index (χ1) is 9.65. The van der Waals surface area contributed by atoms with Gasteiger partial charge in [-0.25, -0.2) is 4.68 Å². The van der Waals surface area contributed by atoms with Gasteiger partial charge in [-0.2, -0.15) is 5.10 Å². The van der Waals surface area contributed by atoms with Gasteiger partial charge in [-0.15, -0.1) is 0 Å². The minimum absolute atomic E-state index is 0.0272. The van der Waals surface area contributed by atoms with Crippen molar-refractivity contribution in [2.24, 2.45) is 0 Å². The van der Waals surface area contributed by atoms with Crippen LogP contribution in [0.25, 0.3) is 5.69 Å². The summed E-state index contributed by atoms with van der Waals surface area (Å²) in [6, 6.07) is 9.55. The van der Waals surface area contributed by atoms with Crippen molar-refractivity contribution in [3.8, 4) is 5.69 Å². The minimum Gasteiger partial charge on any atom is -0.384 e. The van der Waals surface area contributed by atoms with Crippen molar-refractivity contribution in [1.29, 1.82) is 0 Å². The van der Waals surface area contributed by atoms with Gasteiger partial charge in [0.1, 0.15) is 5.82 Å². The highest BCUT2D eigenvalue weighted by molar-refractivity contribution is 5.93. The molecule has 104 valence electrons. The van der Waals surface area contributed by atoms with E-state index in [4.69, 9.17) is 5.73 Å². The Bertz CT molecular complexity index is 641. The molecule has 0 bridgehead atoms. The summed E-state index contributed by atoms with van der Waals surface area (Å²) in [7, 11) is 0. The van der Waals surface area contributed by atoms with E-state index in [1.165, 1.54) is 0 Å². The van der Waals surface area contributed by atoms with Crippen LogP contribution in [0, 0.1) is 6.92 Å².